The van der Waals surface area contributed by atoms with Gasteiger partial charge in [0.25, 0.3) is 17.4 Å². The van der Waals surface area contributed by atoms with Gasteiger partial charge in [-0.25, -0.2) is 4.68 Å². The Labute approximate surface area is 204 Å². The first kappa shape index (κ1) is 24.6. The molecule has 0 spiro atoms. The van der Waals surface area contributed by atoms with E-state index in [9.17, 15) is 14.4 Å². The summed E-state index contributed by atoms with van der Waals surface area (Å²) < 4.78 is 7.08. The molecule has 4 rings (SSSR count). The lowest BCUT2D eigenvalue weighted by atomic mass is 10.1. The number of hydrogen-bond acceptors (Lipinski definition) is 5. The Balaban J connectivity index is 1.47. The first-order valence-electron chi connectivity index (χ1n) is 12.0. The second kappa shape index (κ2) is 10.4. The van der Waals surface area contributed by atoms with Gasteiger partial charge in [0.1, 0.15) is 0 Å². The van der Waals surface area contributed by atoms with E-state index >= 15 is 0 Å². The SMILES string of the molecule is CC(C)Cn1nc(C(=O)NCc2ccc(C(=O)N3CC(C)OC(C)C3)cc2)c2ccccc2c1=O. The van der Waals surface area contributed by atoms with Crippen molar-refractivity contribution in [3.63, 3.8) is 0 Å². The molecule has 1 aliphatic rings. The molecule has 0 radical (unpaired) electrons. The van der Waals surface area contributed by atoms with Gasteiger partial charge in [-0.2, -0.15) is 5.10 Å². The summed E-state index contributed by atoms with van der Waals surface area (Å²) in [6, 6.07) is 14.3. The van der Waals surface area contributed by atoms with Gasteiger partial charge in [0.05, 0.1) is 17.6 Å². The van der Waals surface area contributed by atoms with Crippen LogP contribution in [0.25, 0.3) is 10.8 Å². The molecule has 1 aliphatic heterocycles. The molecule has 2 aromatic carbocycles. The normalized spacial score (nSPS) is 18.1. The first-order chi connectivity index (χ1) is 16.7. The summed E-state index contributed by atoms with van der Waals surface area (Å²) in [6.45, 7) is 9.78. The smallest absolute Gasteiger partial charge is 0.274 e. The van der Waals surface area contributed by atoms with Crippen molar-refractivity contribution in [2.45, 2.75) is 53.0 Å². The molecule has 0 saturated carbocycles. The number of morpholine rings is 1. The molecule has 2 amide bonds. The third-order valence-corrected chi connectivity index (χ3v) is 5.98. The Morgan fingerprint density at radius 1 is 1.03 bits per heavy atom. The van der Waals surface area contributed by atoms with E-state index < -0.39 is 0 Å². The lowest BCUT2D eigenvalue weighted by Crippen LogP contribution is -2.48. The number of carbonyl (C=O) groups is 2. The number of fused-ring (bicyclic) bond motifs is 1. The molecule has 1 N–H and O–H groups in total. The molecule has 184 valence electrons. The van der Waals surface area contributed by atoms with Gasteiger partial charge < -0.3 is 15.0 Å². The number of rotatable bonds is 6. The molecule has 2 atom stereocenters. The molecule has 3 aromatic rings. The van der Waals surface area contributed by atoms with Crippen LogP contribution in [-0.4, -0.2) is 51.8 Å². The fourth-order valence-electron chi connectivity index (χ4n) is 4.43. The van der Waals surface area contributed by atoms with Crippen LogP contribution in [0, 0.1) is 5.92 Å². The van der Waals surface area contributed by atoms with Crippen molar-refractivity contribution >= 4 is 22.6 Å². The average Bonchev–Trinajstić information content (AvgIpc) is 2.83. The Morgan fingerprint density at radius 3 is 2.29 bits per heavy atom. The molecule has 2 unspecified atom stereocenters. The minimum absolute atomic E-state index is 0.0109. The quantitative estimate of drug-likeness (QED) is 0.590. The highest BCUT2D eigenvalue weighted by Crippen LogP contribution is 2.16. The zero-order chi connectivity index (χ0) is 25.1. The van der Waals surface area contributed by atoms with E-state index in [2.05, 4.69) is 10.4 Å². The summed E-state index contributed by atoms with van der Waals surface area (Å²) in [5, 5.41) is 8.30. The van der Waals surface area contributed by atoms with Gasteiger partial charge in [-0.15, -0.1) is 0 Å². The predicted molar refractivity (Wildman–Crippen MR) is 134 cm³/mol. The lowest BCUT2D eigenvalue weighted by Gasteiger charge is -2.35. The fraction of sp³-hybridized carbons (Fsp3) is 0.407. The Kier molecular flexibility index (Phi) is 7.31. The van der Waals surface area contributed by atoms with Gasteiger partial charge in [0.2, 0.25) is 0 Å². The number of aromatic nitrogens is 2. The largest absolute Gasteiger partial charge is 0.372 e. The highest BCUT2D eigenvalue weighted by Gasteiger charge is 2.26. The fourth-order valence-corrected chi connectivity index (χ4v) is 4.43. The number of ether oxygens (including phenoxy) is 1. The molecule has 1 aromatic heterocycles. The second-order valence-electron chi connectivity index (χ2n) is 9.62. The van der Waals surface area contributed by atoms with Crippen LogP contribution in [0.5, 0.6) is 0 Å². The minimum atomic E-state index is -0.352. The number of carbonyl (C=O) groups excluding carboxylic acids is 2. The Hall–Kier alpha value is -3.52. The topological polar surface area (TPSA) is 93.5 Å². The van der Waals surface area contributed by atoms with Crippen molar-refractivity contribution in [3.8, 4) is 0 Å². The Morgan fingerprint density at radius 2 is 1.66 bits per heavy atom. The van der Waals surface area contributed by atoms with Crippen molar-refractivity contribution in [1.29, 1.82) is 0 Å². The zero-order valence-corrected chi connectivity index (χ0v) is 20.7. The standard InChI is InChI=1S/C27H32N4O4/c1-17(2)14-31-27(34)23-8-6-5-7-22(23)24(29-31)25(32)28-13-20-9-11-21(12-10-20)26(33)30-15-18(3)35-19(4)16-30/h5-12,17-19H,13-16H2,1-4H3,(H,28,32). The van der Waals surface area contributed by atoms with Crippen LogP contribution in [0.1, 0.15) is 54.1 Å². The number of nitrogens with zero attached hydrogens (tertiary/aromatic N) is 3. The van der Waals surface area contributed by atoms with E-state index in [-0.39, 0.29) is 47.7 Å². The molecule has 2 heterocycles. The van der Waals surface area contributed by atoms with Crippen LogP contribution in [0.15, 0.2) is 53.3 Å². The third-order valence-electron chi connectivity index (χ3n) is 5.98. The lowest BCUT2D eigenvalue weighted by molar-refractivity contribution is -0.0586. The third kappa shape index (κ3) is 5.59. The number of nitrogens with one attached hydrogen (secondary N) is 1. The summed E-state index contributed by atoms with van der Waals surface area (Å²) in [5.74, 6) is -0.164. The van der Waals surface area contributed by atoms with E-state index in [0.29, 0.717) is 36.0 Å². The van der Waals surface area contributed by atoms with Crippen LogP contribution in [0.4, 0.5) is 0 Å². The van der Waals surface area contributed by atoms with Gasteiger partial charge in [-0.1, -0.05) is 44.2 Å². The van der Waals surface area contributed by atoms with E-state index in [1.165, 1.54) is 4.68 Å². The molecule has 8 heteroatoms. The van der Waals surface area contributed by atoms with Crippen molar-refractivity contribution in [1.82, 2.24) is 20.0 Å². The number of hydrogen-bond donors (Lipinski definition) is 1. The monoisotopic (exact) mass is 476 g/mol. The van der Waals surface area contributed by atoms with Gasteiger partial charge in [-0.3, -0.25) is 14.4 Å². The molecular formula is C27H32N4O4. The van der Waals surface area contributed by atoms with Crippen molar-refractivity contribution in [3.05, 3.63) is 75.7 Å². The minimum Gasteiger partial charge on any atom is -0.372 e. The first-order valence-corrected chi connectivity index (χ1v) is 12.0. The predicted octanol–water partition coefficient (Wildman–Crippen LogP) is 3.23. The maximum absolute atomic E-state index is 13.1. The van der Waals surface area contributed by atoms with E-state index in [1.807, 2.05) is 44.7 Å². The van der Waals surface area contributed by atoms with Crippen molar-refractivity contribution in [2.75, 3.05) is 13.1 Å². The molecule has 0 aliphatic carbocycles. The molecule has 1 saturated heterocycles. The van der Waals surface area contributed by atoms with Gasteiger partial charge >= 0.3 is 0 Å². The van der Waals surface area contributed by atoms with Crippen LogP contribution in [-0.2, 0) is 17.8 Å². The second-order valence-corrected chi connectivity index (χ2v) is 9.62. The maximum Gasteiger partial charge on any atom is 0.274 e. The molecule has 35 heavy (non-hydrogen) atoms. The van der Waals surface area contributed by atoms with Gasteiger partial charge in [0, 0.05) is 37.1 Å². The summed E-state index contributed by atoms with van der Waals surface area (Å²) in [7, 11) is 0. The molecule has 8 nitrogen and oxygen atoms in total. The van der Waals surface area contributed by atoms with E-state index in [1.54, 1.807) is 36.4 Å². The van der Waals surface area contributed by atoms with E-state index in [4.69, 9.17) is 4.74 Å². The van der Waals surface area contributed by atoms with Crippen LogP contribution >= 0.6 is 0 Å². The maximum atomic E-state index is 13.1. The van der Waals surface area contributed by atoms with Crippen LogP contribution < -0.4 is 10.9 Å². The summed E-state index contributed by atoms with van der Waals surface area (Å²) >= 11 is 0. The number of amides is 2. The summed E-state index contributed by atoms with van der Waals surface area (Å²) in [4.78, 5) is 40.5. The Bertz CT molecular complexity index is 1270. The summed E-state index contributed by atoms with van der Waals surface area (Å²) in [6.07, 6.45) is 0.0218. The molecular weight excluding hydrogens is 444 g/mol. The number of benzene rings is 2. The van der Waals surface area contributed by atoms with Crippen molar-refractivity contribution in [2.24, 2.45) is 5.92 Å². The highest BCUT2D eigenvalue weighted by molar-refractivity contribution is 6.04. The summed E-state index contributed by atoms with van der Waals surface area (Å²) in [5.41, 5.74) is 1.49. The highest BCUT2D eigenvalue weighted by atomic mass is 16.5. The zero-order valence-electron chi connectivity index (χ0n) is 20.7. The van der Waals surface area contributed by atoms with Crippen molar-refractivity contribution < 1.29 is 14.3 Å². The average molecular weight is 477 g/mol. The molecule has 1 fully saturated rings. The van der Waals surface area contributed by atoms with Gasteiger partial charge in [-0.05, 0) is 43.5 Å². The van der Waals surface area contributed by atoms with Gasteiger partial charge in [0.15, 0.2) is 5.69 Å². The molecule has 0 bridgehead atoms. The van der Waals surface area contributed by atoms with Crippen LogP contribution in [0.2, 0.25) is 0 Å². The van der Waals surface area contributed by atoms with E-state index in [0.717, 1.165) is 5.56 Å². The van der Waals surface area contributed by atoms with Crippen LogP contribution in [0.3, 0.4) is 0 Å².